The molecule has 9 nitrogen and oxygen atoms in total. The summed E-state index contributed by atoms with van der Waals surface area (Å²) in [6.45, 7) is 4.10. The lowest BCUT2D eigenvalue weighted by molar-refractivity contribution is -0.870. The highest BCUT2D eigenvalue weighted by molar-refractivity contribution is 7.47. The molecular weight excluding hydrogens is 1090 g/mol. The van der Waals surface area contributed by atoms with Gasteiger partial charge in [-0.15, -0.1) is 0 Å². The lowest BCUT2D eigenvalue weighted by Gasteiger charge is -2.24. The van der Waals surface area contributed by atoms with Crippen LogP contribution in [-0.4, -0.2) is 74.9 Å². The number of phosphoric ester groups is 1. The topological polar surface area (TPSA) is 108 Å². The number of ether oxygens (including phenoxy) is 2. The minimum Gasteiger partial charge on any atom is -0.462 e. The van der Waals surface area contributed by atoms with Gasteiger partial charge in [0.05, 0.1) is 27.7 Å². The van der Waals surface area contributed by atoms with Crippen molar-refractivity contribution in [3.05, 3.63) is 207 Å². The molecule has 0 rings (SSSR count). The third-order valence-corrected chi connectivity index (χ3v) is 13.8. The lowest BCUT2D eigenvalue weighted by atomic mass is 10.1. The molecule has 0 aromatic heterocycles. The van der Waals surface area contributed by atoms with Gasteiger partial charge in [0.2, 0.25) is 0 Å². The fraction of sp³-hybridized carbons (Fsp3) is 0.526. The van der Waals surface area contributed by atoms with Gasteiger partial charge in [-0.25, -0.2) is 4.57 Å². The van der Waals surface area contributed by atoms with Crippen LogP contribution < -0.4 is 0 Å². The normalized spacial score (nSPS) is 14.5. The number of phosphoric acid groups is 1. The minimum absolute atomic E-state index is 0.00864. The highest BCUT2D eigenvalue weighted by Gasteiger charge is 2.27. The van der Waals surface area contributed by atoms with Crippen LogP contribution in [0.2, 0.25) is 0 Å². The van der Waals surface area contributed by atoms with Gasteiger partial charge in [0.1, 0.15) is 19.8 Å². The van der Waals surface area contributed by atoms with E-state index in [1.807, 2.05) is 21.1 Å². The number of quaternary nitrogens is 1. The molecule has 86 heavy (non-hydrogen) atoms. The van der Waals surface area contributed by atoms with E-state index < -0.39 is 32.5 Å². The Balaban J connectivity index is 4.28. The zero-order chi connectivity index (χ0) is 62.6. The molecule has 0 aliphatic rings. The summed E-state index contributed by atoms with van der Waals surface area (Å²) < 4.78 is 34.6. The van der Waals surface area contributed by atoms with Crippen molar-refractivity contribution in [3.8, 4) is 0 Å². The monoisotopic (exact) mass is 1200 g/mol. The molecule has 0 heterocycles. The van der Waals surface area contributed by atoms with Crippen LogP contribution in [0.15, 0.2) is 207 Å². The Kier molecular flexibility index (Phi) is 60.0. The van der Waals surface area contributed by atoms with Crippen LogP contribution >= 0.6 is 7.82 Å². The van der Waals surface area contributed by atoms with E-state index in [4.69, 9.17) is 18.5 Å². The molecule has 0 fully saturated rings. The van der Waals surface area contributed by atoms with Crippen molar-refractivity contribution in [1.29, 1.82) is 0 Å². The second-order valence-corrected chi connectivity index (χ2v) is 23.5. The number of likely N-dealkylation sites (N-methyl/N-ethyl adjacent to an activating group) is 1. The first-order chi connectivity index (χ1) is 42.0. The maximum atomic E-state index is 12.8. The Labute approximate surface area is 525 Å². The molecule has 0 aliphatic heterocycles. The summed E-state index contributed by atoms with van der Waals surface area (Å²) in [6.07, 6.45) is 102. The molecule has 0 amide bonds. The number of rotatable bonds is 57. The van der Waals surface area contributed by atoms with Gasteiger partial charge in [-0.2, -0.15) is 0 Å². The molecule has 0 bridgehead atoms. The number of allylic oxidation sites excluding steroid dienone is 34. The van der Waals surface area contributed by atoms with Crippen molar-refractivity contribution in [2.24, 2.45) is 0 Å². The van der Waals surface area contributed by atoms with Gasteiger partial charge in [0.15, 0.2) is 6.10 Å². The first-order valence-corrected chi connectivity index (χ1v) is 34.3. The molecule has 10 heteroatoms. The summed E-state index contributed by atoms with van der Waals surface area (Å²) in [5, 5.41) is 0. The maximum Gasteiger partial charge on any atom is 0.472 e. The Morgan fingerprint density at radius 1 is 0.360 bits per heavy atom. The number of hydrogen-bond acceptors (Lipinski definition) is 7. The molecule has 0 saturated carbocycles. The van der Waals surface area contributed by atoms with Crippen molar-refractivity contribution < 1.29 is 42.1 Å². The number of carbonyl (C=O) groups excluding carboxylic acids is 2. The molecule has 2 unspecified atom stereocenters. The summed E-state index contributed by atoms with van der Waals surface area (Å²) in [5.74, 6) is -0.880. The smallest absolute Gasteiger partial charge is 0.462 e. The van der Waals surface area contributed by atoms with Gasteiger partial charge in [-0.1, -0.05) is 253 Å². The Morgan fingerprint density at radius 2 is 0.628 bits per heavy atom. The summed E-state index contributed by atoms with van der Waals surface area (Å²) in [4.78, 5) is 35.8. The number of hydrogen-bond donors (Lipinski definition) is 1. The number of nitrogens with zero attached hydrogens (tertiary/aromatic N) is 1. The van der Waals surface area contributed by atoms with Gasteiger partial charge in [-0.3, -0.25) is 18.6 Å². The Morgan fingerprint density at radius 3 is 0.953 bits per heavy atom. The first kappa shape index (κ1) is 80.6. The third kappa shape index (κ3) is 67.7. The number of carbonyl (C=O) groups is 2. The second-order valence-electron chi connectivity index (χ2n) is 22.0. The van der Waals surface area contributed by atoms with E-state index in [0.29, 0.717) is 23.9 Å². The molecule has 0 saturated heterocycles. The largest absolute Gasteiger partial charge is 0.472 e. The highest BCUT2D eigenvalue weighted by atomic mass is 31.2. The standard InChI is InChI=1S/C76H118NO8P/c1-6-8-10-12-14-16-18-20-22-24-26-28-30-31-32-33-34-35-36-37-38-39-40-41-42-43-44-45-47-49-51-53-55-57-59-61-63-65-67-69-76(79)85-74(73-84-86(80,81)83-71-70-77(3,4)5)72-82-75(78)68-66-64-62-60-58-56-54-52-50-48-46-29-27-25-23-21-19-17-15-13-11-9-7-2/h8-11,14-17,20-23,26-29,31-32,34-35,37-38,40-41,43-44,47-50,53,55,59,61,74H,6-7,12-13,18-19,24-25,30,33,36,39,42,45-46,51-52,54,56-58,60,62-73H2,1-5H3/p+1/b10-8-,11-9-,16-14-,17-15-,22-20-,23-21-,28-26-,29-27-,32-31-,35-34-,38-37-,41-40-,44-43-,49-47-,50-48-,55-53-,61-59-. The maximum absolute atomic E-state index is 12.8. The average Bonchev–Trinajstić information content (AvgIpc) is 3.56. The molecule has 480 valence electrons. The quantitative estimate of drug-likeness (QED) is 0.0211. The predicted molar refractivity (Wildman–Crippen MR) is 371 cm³/mol. The van der Waals surface area contributed by atoms with Gasteiger partial charge in [-0.05, 0) is 148 Å². The van der Waals surface area contributed by atoms with Crippen LogP contribution in [0.3, 0.4) is 0 Å². The zero-order valence-corrected chi connectivity index (χ0v) is 55.3. The fourth-order valence-corrected chi connectivity index (χ4v) is 8.59. The molecule has 0 aromatic carbocycles. The third-order valence-electron chi connectivity index (χ3n) is 12.8. The molecule has 0 aromatic rings. The second kappa shape index (κ2) is 64.1. The fourth-order valence-electron chi connectivity index (χ4n) is 7.84. The van der Waals surface area contributed by atoms with Gasteiger partial charge < -0.3 is 18.9 Å². The van der Waals surface area contributed by atoms with Gasteiger partial charge in [0, 0.05) is 12.8 Å². The number of esters is 2. The number of unbranched alkanes of at least 4 members (excludes halogenated alkanes) is 9. The van der Waals surface area contributed by atoms with E-state index in [2.05, 4.69) is 220 Å². The zero-order valence-electron chi connectivity index (χ0n) is 54.4. The van der Waals surface area contributed by atoms with E-state index in [1.54, 1.807) is 0 Å². The average molecular weight is 1210 g/mol. The molecular formula is C76H119NO8P+. The van der Waals surface area contributed by atoms with Crippen LogP contribution in [0.1, 0.15) is 206 Å². The van der Waals surface area contributed by atoms with E-state index in [0.717, 1.165) is 148 Å². The summed E-state index contributed by atoms with van der Waals surface area (Å²) in [6, 6.07) is 0. The van der Waals surface area contributed by atoms with Crippen LogP contribution in [0.4, 0.5) is 0 Å². The van der Waals surface area contributed by atoms with Crippen molar-refractivity contribution in [3.63, 3.8) is 0 Å². The SMILES string of the molecule is CC/C=C\C/C=C\C/C=C\C/C=C\C/C=C\C/C=C\C/C=C\C/C=C\C/C=C\C/C=C\C/C=C\C/C=C\CCCCC(=O)OC(COC(=O)CCCCCCCCC/C=C\C/C=C\C/C=C\C/C=C\C/C=C\CC)COP(=O)(O)OCC[N+](C)(C)C. The van der Waals surface area contributed by atoms with Crippen molar-refractivity contribution in [2.75, 3.05) is 47.5 Å². The van der Waals surface area contributed by atoms with Crippen molar-refractivity contribution in [2.45, 2.75) is 213 Å². The van der Waals surface area contributed by atoms with E-state index in [-0.39, 0.29) is 26.1 Å². The Bertz CT molecular complexity index is 2200. The van der Waals surface area contributed by atoms with E-state index in [9.17, 15) is 19.0 Å². The predicted octanol–water partition coefficient (Wildman–Crippen LogP) is 21.5. The molecule has 0 aliphatic carbocycles. The minimum atomic E-state index is -4.42. The van der Waals surface area contributed by atoms with Crippen LogP contribution in [-0.2, 0) is 32.7 Å². The molecule has 0 radical (unpaired) electrons. The molecule has 2 atom stereocenters. The summed E-state index contributed by atoms with van der Waals surface area (Å²) in [7, 11) is 1.41. The first-order valence-electron chi connectivity index (χ1n) is 32.8. The lowest BCUT2D eigenvalue weighted by Crippen LogP contribution is -2.37. The van der Waals surface area contributed by atoms with Crippen molar-refractivity contribution in [1.82, 2.24) is 0 Å². The molecule has 1 N–H and O–H groups in total. The van der Waals surface area contributed by atoms with E-state index in [1.165, 1.54) is 19.3 Å². The molecule has 0 spiro atoms. The van der Waals surface area contributed by atoms with E-state index >= 15 is 0 Å². The van der Waals surface area contributed by atoms with Gasteiger partial charge in [0.25, 0.3) is 0 Å². The van der Waals surface area contributed by atoms with Crippen LogP contribution in [0.5, 0.6) is 0 Å². The highest BCUT2D eigenvalue weighted by Crippen LogP contribution is 2.43. The van der Waals surface area contributed by atoms with Crippen molar-refractivity contribution >= 4 is 19.8 Å². The Hall–Kier alpha value is -5.41. The summed E-state index contributed by atoms with van der Waals surface area (Å²) >= 11 is 0. The van der Waals surface area contributed by atoms with Crippen LogP contribution in [0.25, 0.3) is 0 Å². The van der Waals surface area contributed by atoms with Gasteiger partial charge >= 0.3 is 19.8 Å². The van der Waals surface area contributed by atoms with Crippen LogP contribution in [0, 0.1) is 0 Å². The summed E-state index contributed by atoms with van der Waals surface area (Å²) in [5.41, 5.74) is 0.